The van der Waals surface area contributed by atoms with Gasteiger partial charge in [0.25, 0.3) is 5.91 Å². The fraction of sp³-hybridized carbons (Fsp3) is 0.200. The van der Waals surface area contributed by atoms with Gasteiger partial charge in [0.15, 0.2) is 5.69 Å². The lowest BCUT2D eigenvalue weighted by Gasteiger charge is -2.28. The molecule has 6 nitrogen and oxygen atoms in total. The number of aromatic nitrogens is 1. The van der Waals surface area contributed by atoms with Crippen LogP contribution in [0.5, 0.6) is 0 Å². The summed E-state index contributed by atoms with van der Waals surface area (Å²) in [4.78, 5) is 18.6. The van der Waals surface area contributed by atoms with Gasteiger partial charge in [-0.3, -0.25) is 9.69 Å². The number of nitrogens with one attached hydrogen (secondary N) is 1. The van der Waals surface area contributed by atoms with Crippen molar-refractivity contribution >= 4 is 5.91 Å². The third-order valence-corrected chi connectivity index (χ3v) is 5.34. The highest BCUT2D eigenvalue weighted by molar-refractivity contribution is 5.91. The molecule has 8 heteroatoms. The Labute approximate surface area is 189 Å². The minimum absolute atomic E-state index is 0.126. The highest BCUT2D eigenvalue weighted by Crippen LogP contribution is 2.25. The van der Waals surface area contributed by atoms with Crippen LogP contribution >= 0.6 is 0 Å². The van der Waals surface area contributed by atoms with Gasteiger partial charge in [0.1, 0.15) is 23.7 Å². The minimum Gasteiger partial charge on any atom is -0.467 e. The van der Waals surface area contributed by atoms with Crippen LogP contribution in [0.4, 0.5) is 8.78 Å². The first-order chi connectivity index (χ1) is 16.0. The van der Waals surface area contributed by atoms with Crippen LogP contribution < -0.4 is 5.32 Å². The Kier molecular flexibility index (Phi) is 6.95. The van der Waals surface area contributed by atoms with Crippen molar-refractivity contribution in [1.29, 1.82) is 0 Å². The second-order valence-electron chi connectivity index (χ2n) is 7.62. The number of benzene rings is 2. The van der Waals surface area contributed by atoms with Crippen LogP contribution in [0.1, 0.15) is 46.2 Å². The fourth-order valence-electron chi connectivity index (χ4n) is 3.47. The molecule has 0 radical (unpaired) electrons. The molecule has 0 fully saturated rings. The summed E-state index contributed by atoms with van der Waals surface area (Å²) in [5, 5.41) is 2.72. The lowest BCUT2D eigenvalue weighted by atomic mass is 10.1. The van der Waals surface area contributed by atoms with E-state index in [0.29, 0.717) is 17.2 Å². The maximum Gasteiger partial charge on any atom is 0.273 e. The molecule has 0 saturated carbocycles. The largest absolute Gasteiger partial charge is 0.467 e. The van der Waals surface area contributed by atoms with Crippen molar-refractivity contribution in [2.24, 2.45) is 0 Å². The predicted molar refractivity (Wildman–Crippen MR) is 117 cm³/mol. The van der Waals surface area contributed by atoms with Crippen molar-refractivity contribution in [3.63, 3.8) is 0 Å². The van der Waals surface area contributed by atoms with Crippen molar-refractivity contribution in [1.82, 2.24) is 15.2 Å². The van der Waals surface area contributed by atoms with Crippen LogP contribution in [0.25, 0.3) is 0 Å². The molecule has 1 atom stereocenters. The quantitative estimate of drug-likeness (QED) is 0.377. The van der Waals surface area contributed by atoms with Gasteiger partial charge in [0, 0.05) is 24.2 Å². The number of nitrogens with zero attached hydrogens (tertiary/aromatic N) is 2. The Morgan fingerprint density at radius 1 is 1.06 bits per heavy atom. The molecule has 4 rings (SSSR count). The zero-order valence-electron chi connectivity index (χ0n) is 18.0. The molecule has 33 heavy (non-hydrogen) atoms. The van der Waals surface area contributed by atoms with E-state index in [1.54, 1.807) is 12.1 Å². The number of amides is 1. The van der Waals surface area contributed by atoms with Crippen molar-refractivity contribution in [2.45, 2.75) is 32.6 Å². The Balaban J connectivity index is 1.50. The van der Waals surface area contributed by atoms with E-state index in [1.165, 1.54) is 24.7 Å². The van der Waals surface area contributed by atoms with Gasteiger partial charge in [-0.1, -0.05) is 36.4 Å². The first-order valence-electron chi connectivity index (χ1n) is 10.5. The molecule has 1 amide bonds. The summed E-state index contributed by atoms with van der Waals surface area (Å²) in [6.07, 6.45) is 2.82. The van der Waals surface area contributed by atoms with E-state index < -0.39 is 17.5 Å². The smallest absolute Gasteiger partial charge is 0.273 e. The lowest BCUT2D eigenvalue weighted by Crippen LogP contribution is -2.27. The Bertz CT molecular complexity index is 1190. The van der Waals surface area contributed by atoms with Crippen LogP contribution in [-0.2, 0) is 19.6 Å². The molecule has 2 aromatic heterocycles. The summed E-state index contributed by atoms with van der Waals surface area (Å²) in [5.74, 6) is -0.712. The van der Waals surface area contributed by atoms with Crippen molar-refractivity contribution in [3.05, 3.63) is 113 Å². The molecule has 170 valence electrons. The van der Waals surface area contributed by atoms with Crippen molar-refractivity contribution in [2.75, 3.05) is 0 Å². The van der Waals surface area contributed by atoms with Gasteiger partial charge in [0.2, 0.25) is 5.89 Å². The molecule has 2 aromatic carbocycles. The number of carbonyl (C=O) groups excluding carboxylic acids is 1. The predicted octanol–water partition coefficient (Wildman–Crippen LogP) is 5.24. The second kappa shape index (κ2) is 10.2. The number of oxazole rings is 1. The summed E-state index contributed by atoms with van der Waals surface area (Å²) in [6, 6.07) is 16.6. The van der Waals surface area contributed by atoms with Crippen LogP contribution in [0.3, 0.4) is 0 Å². The molecule has 2 heterocycles. The van der Waals surface area contributed by atoms with E-state index in [0.717, 1.165) is 11.6 Å². The van der Waals surface area contributed by atoms with E-state index >= 15 is 0 Å². The molecule has 1 N–H and O–H groups in total. The van der Waals surface area contributed by atoms with E-state index in [2.05, 4.69) is 10.3 Å². The molecular formula is C25H23F2N3O3. The minimum atomic E-state index is -0.628. The number of rotatable bonds is 9. The number of carbonyl (C=O) groups is 1. The van der Waals surface area contributed by atoms with Gasteiger partial charge >= 0.3 is 0 Å². The number of furan rings is 1. The highest BCUT2D eigenvalue weighted by atomic mass is 19.1. The SMILES string of the molecule is C[C@@H](c1ccccc1)N(Cc1nc(C(=O)NCc2ccco2)co1)Cc1ccc(F)cc1F. The summed E-state index contributed by atoms with van der Waals surface area (Å²) >= 11 is 0. The maximum atomic E-state index is 14.4. The Morgan fingerprint density at radius 2 is 1.88 bits per heavy atom. The van der Waals surface area contributed by atoms with Crippen molar-refractivity contribution < 1.29 is 22.4 Å². The topological polar surface area (TPSA) is 71.5 Å². The van der Waals surface area contributed by atoms with E-state index in [4.69, 9.17) is 8.83 Å². The zero-order chi connectivity index (χ0) is 23.2. The molecule has 0 bridgehead atoms. The first-order valence-corrected chi connectivity index (χ1v) is 10.5. The molecule has 0 unspecified atom stereocenters. The van der Waals surface area contributed by atoms with Crippen LogP contribution in [0, 0.1) is 11.6 Å². The van der Waals surface area contributed by atoms with E-state index in [9.17, 15) is 13.6 Å². The zero-order valence-corrected chi connectivity index (χ0v) is 18.0. The van der Waals surface area contributed by atoms with Gasteiger partial charge in [0.05, 0.1) is 19.4 Å². The number of hydrogen-bond acceptors (Lipinski definition) is 5. The monoisotopic (exact) mass is 451 g/mol. The first kappa shape index (κ1) is 22.4. The summed E-state index contributed by atoms with van der Waals surface area (Å²) in [6.45, 7) is 2.63. The Morgan fingerprint density at radius 3 is 2.61 bits per heavy atom. The fourth-order valence-corrected chi connectivity index (χ4v) is 3.47. The van der Waals surface area contributed by atoms with E-state index in [-0.39, 0.29) is 31.4 Å². The van der Waals surface area contributed by atoms with E-state index in [1.807, 2.05) is 42.2 Å². The van der Waals surface area contributed by atoms with Crippen molar-refractivity contribution in [3.8, 4) is 0 Å². The molecule has 4 aromatic rings. The Hall–Kier alpha value is -3.78. The molecular weight excluding hydrogens is 428 g/mol. The average Bonchev–Trinajstić information content (AvgIpc) is 3.51. The highest BCUT2D eigenvalue weighted by Gasteiger charge is 2.21. The van der Waals surface area contributed by atoms with Gasteiger partial charge in [-0.2, -0.15) is 0 Å². The number of hydrogen-bond donors (Lipinski definition) is 1. The summed E-state index contributed by atoms with van der Waals surface area (Å²) in [5.41, 5.74) is 1.50. The van der Waals surface area contributed by atoms with Gasteiger partial charge in [-0.15, -0.1) is 0 Å². The lowest BCUT2D eigenvalue weighted by molar-refractivity contribution is 0.0943. The van der Waals surface area contributed by atoms with Gasteiger partial charge < -0.3 is 14.2 Å². The summed E-state index contributed by atoms with van der Waals surface area (Å²) < 4.78 is 38.5. The third kappa shape index (κ3) is 5.72. The van der Waals surface area contributed by atoms with Gasteiger partial charge in [-0.25, -0.2) is 13.8 Å². The van der Waals surface area contributed by atoms with Crippen LogP contribution in [-0.4, -0.2) is 15.8 Å². The molecule has 0 aliphatic rings. The van der Waals surface area contributed by atoms with Crippen LogP contribution in [0.2, 0.25) is 0 Å². The molecule has 0 spiro atoms. The molecule has 0 aliphatic heterocycles. The molecule has 0 aliphatic carbocycles. The average molecular weight is 451 g/mol. The normalized spacial score (nSPS) is 12.1. The second-order valence-corrected chi connectivity index (χ2v) is 7.62. The maximum absolute atomic E-state index is 14.4. The standard InChI is InChI=1S/C25H23F2N3O3/c1-17(18-6-3-2-4-7-18)30(14-19-9-10-20(26)12-22(19)27)15-24-29-23(16-33-24)25(31)28-13-21-8-5-11-32-21/h2-12,16-17H,13-15H2,1H3,(H,28,31)/t17-/m0/s1. The number of halogens is 2. The third-order valence-electron chi connectivity index (χ3n) is 5.34. The van der Waals surface area contributed by atoms with Crippen LogP contribution in [0.15, 0.2) is 82.0 Å². The van der Waals surface area contributed by atoms with Gasteiger partial charge in [-0.05, 0) is 30.7 Å². The molecule has 0 saturated heterocycles. The summed E-state index contributed by atoms with van der Waals surface area (Å²) in [7, 11) is 0.